The molecule has 3 rings (SSSR count). The van der Waals surface area contributed by atoms with Gasteiger partial charge in [-0.1, -0.05) is 6.07 Å². The van der Waals surface area contributed by atoms with E-state index in [0.717, 1.165) is 11.6 Å². The van der Waals surface area contributed by atoms with Crippen LogP contribution in [0.5, 0.6) is 17.2 Å². The molecule has 152 valence electrons. The van der Waals surface area contributed by atoms with Gasteiger partial charge in [0.05, 0.1) is 18.1 Å². The summed E-state index contributed by atoms with van der Waals surface area (Å²) in [6, 6.07) is 8.45. The number of nitrogens with zero attached hydrogens (tertiary/aromatic N) is 1. The molecule has 0 unspecified atom stereocenters. The first kappa shape index (κ1) is 19.9. The van der Waals surface area contributed by atoms with E-state index >= 15 is 0 Å². The quantitative estimate of drug-likeness (QED) is 0.425. The maximum absolute atomic E-state index is 12.3. The predicted molar refractivity (Wildman–Crippen MR) is 99.1 cm³/mol. The zero-order chi connectivity index (χ0) is 21.0. The summed E-state index contributed by atoms with van der Waals surface area (Å²) >= 11 is 0. The van der Waals surface area contributed by atoms with E-state index in [2.05, 4.69) is 5.32 Å². The van der Waals surface area contributed by atoms with E-state index in [4.69, 9.17) is 18.9 Å². The third-order valence-corrected chi connectivity index (χ3v) is 4.22. The molecule has 2 aromatic carbocycles. The Bertz CT molecular complexity index is 959. The van der Waals surface area contributed by atoms with Crippen molar-refractivity contribution in [3.05, 3.63) is 57.6 Å². The van der Waals surface area contributed by atoms with Crippen molar-refractivity contribution in [2.45, 2.75) is 13.0 Å². The van der Waals surface area contributed by atoms with Gasteiger partial charge in [0.15, 0.2) is 18.1 Å². The molecule has 1 N–H and O–H groups in total. The minimum atomic E-state index is -0.906. The molecule has 1 aliphatic heterocycles. The molecule has 0 spiro atoms. The van der Waals surface area contributed by atoms with Gasteiger partial charge in [-0.25, -0.2) is 4.79 Å². The largest absolute Gasteiger partial charge is 0.496 e. The molecule has 1 atom stereocenters. The molecule has 0 aromatic heterocycles. The van der Waals surface area contributed by atoms with Crippen molar-refractivity contribution in [3.63, 3.8) is 0 Å². The highest BCUT2D eigenvalue weighted by Crippen LogP contribution is 2.34. The number of rotatable bonds is 7. The molecule has 1 aliphatic rings. The van der Waals surface area contributed by atoms with Gasteiger partial charge in [0, 0.05) is 12.1 Å². The van der Waals surface area contributed by atoms with E-state index in [1.807, 2.05) is 0 Å². The molecule has 0 bridgehead atoms. The fourth-order valence-electron chi connectivity index (χ4n) is 2.73. The third kappa shape index (κ3) is 4.54. The Balaban J connectivity index is 1.59. The molecule has 0 fully saturated rings. The van der Waals surface area contributed by atoms with E-state index in [-0.39, 0.29) is 29.8 Å². The molecule has 10 nitrogen and oxygen atoms in total. The number of benzene rings is 2. The second-order valence-electron chi connectivity index (χ2n) is 6.12. The van der Waals surface area contributed by atoms with Crippen LogP contribution in [0.25, 0.3) is 0 Å². The van der Waals surface area contributed by atoms with Gasteiger partial charge in [-0.3, -0.25) is 14.9 Å². The number of carbonyl (C=O) groups excluding carboxylic acids is 2. The Morgan fingerprint density at radius 2 is 1.97 bits per heavy atom. The van der Waals surface area contributed by atoms with Crippen LogP contribution in [-0.2, 0) is 9.53 Å². The minimum absolute atomic E-state index is 0.106. The van der Waals surface area contributed by atoms with Crippen molar-refractivity contribution < 1.29 is 33.5 Å². The van der Waals surface area contributed by atoms with E-state index in [0.29, 0.717) is 11.5 Å². The van der Waals surface area contributed by atoms with Crippen LogP contribution in [0.4, 0.5) is 5.69 Å². The number of hydrogen-bond donors (Lipinski definition) is 1. The molecule has 1 heterocycles. The van der Waals surface area contributed by atoms with Gasteiger partial charge in [0.2, 0.25) is 6.79 Å². The van der Waals surface area contributed by atoms with Crippen molar-refractivity contribution >= 4 is 17.6 Å². The van der Waals surface area contributed by atoms with Gasteiger partial charge >= 0.3 is 5.97 Å². The number of nitro groups is 1. The highest BCUT2D eigenvalue weighted by atomic mass is 16.7. The number of nitrogens with one attached hydrogen (secondary N) is 1. The monoisotopic (exact) mass is 402 g/mol. The van der Waals surface area contributed by atoms with Gasteiger partial charge < -0.3 is 24.3 Å². The lowest BCUT2D eigenvalue weighted by atomic mass is 10.1. The number of non-ortho nitro benzene ring substituents is 1. The van der Waals surface area contributed by atoms with Crippen molar-refractivity contribution in [3.8, 4) is 17.2 Å². The Morgan fingerprint density at radius 3 is 2.69 bits per heavy atom. The lowest BCUT2D eigenvalue weighted by Crippen LogP contribution is -2.31. The van der Waals surface area contributed by atoms with Gasteiger partial charge in [-0.05, 0) is 30.7 Å². The maximum Gasteiger partial charge on any atom is 0.342 e. The summed E-state index contributed by atoms with van der Waals surface area (Å²) in [5, 5.41) is 13.6. The lowest BCUT2D eigenvalue weighted by molar-refractivity contribution is -0.384. The molecule has 1 amide bonds. The fraction of sp³-hybridized carbons (Fsp3) is 0.263. The maximum atomic E-state index is 12.3. The summed E-state index contributed by atoms with van der Waals surface area (Å²) in [6.07, 6.45) is 0. The zero-order valence-electron chi connectivity index (χ0n) is 15.7. The number of methoxy groups -OCH3 is 1. The summed E-state index contributed by atoms with van der Waals surface area (Å²) in [7, 11) is 1.32. The molecule has 2 aromatic rings. The van der Waals surface area contributed by atoms with Crippen LogP contribution in [0, 0.1) is 10.1 Å². The molecule has 0 saturated carbocycles. The van der Waals surface area contributed by atoms with Crippen LogP contribution >= 0.6 is 0 Å². The molecule has 0 radical (unpaired) electrons. The van der Waals surface area contributed by atoms with E-state index < -0.39 is 23.4 Å². The van der Waals surface area contributed by atoms with Crippen molar-refractivity contribution in [2.75, 3.05) is 20.5 Å². The second-order valence-corrected chi connectivity index (χ2v) is 6.12. The van der Waals surface area contributed by atoms with E-state index in [1.54, 1.807) is 25.1 Å². The number of nitro benzene ring substituents is 1. The standard InChI is InChI=1S/C19H18N2O8/c1-11(12-3-5-16-17(7-12)29-10-28-16)20-18(22)9-27-19(23)14-8-13(21(24)25)4-6-15(14)26-2/h3-8,11H,9-10H2,1-2H3,(H,20,22)/t11-/m0/s1. The number of ether oxygens (including phenoxy) is 4. The zero-order valence-corrected chi connectivity index (χ0v) is 15.7. The van der Waals surface area contributed by atoms with Crippen LogP contribution in [0.2, 0.25) is 0 Å². The second kappa shape index (κ2) is 8.46. The molecule has 0 aliphatic carbocycles. The van der Waals surface area contributed by atoms with Gasteiger partial charge in [0.25, 0.3) is 11.6 Å². The summed E-state index contributed by atoms with van der Waals surface area (Å²) in [5.41, 5.74) is 0.353. The normalized spacial score (nSPS) is 12.8. The first-order valence-electron chi connectivity index (χ1n) is 8.57. The highest BCUT2D eigenvalue weighted by Gasteiger charge is 2.21. The Hall–Kier alpha value is -3.82. The number of amides is 1. The van der Waals surface area contributed by atoms with Gasteiger partial charge in [-0.15, -0.1) is 0 Å². The molecular weight excluding hydrogens is 384 g/mol. The first-order valence-corrected chi connectivity index (χ1v) is 8.57. The summed E-state index contributed by atoms with van der Waals surface area (Å²) in [6.45, 7) is 1.36. The number of carbonyl (C=O) groups is 2. The first-order chi connectivity index (χ1) is 13.9. The number of esters is 1. The minimum Gasteiger partial charge on any atom is -0.496 e. The predicted octanol–water partition coefficient (Wildman–Crippen LogP) is 2.37. The smallest absolute Gasteiger partial charge is 0.342 e. The van der Waals surface area contributed by atoms with Crippen molar-refractivity contribution in [2.24, 2.45) is 0 Å². The van der Waals surface area contributed by atoms with Crippen molar-refractivity contribution in [1.29, 1.82) is 0 Å². The van der Waals surface area contributed by atoms with Crippen LogP contribution in [0.15, 0.2) is 36.4 Å². The average molecular weight is 402 g/mol. The SMILES string of the molecule is COc1ccc([N+](=O)[O-])cc1C(=O)OCC(=O)N[C@@H](C)c1ccc2c(c1)OCO2. The summed E-state index contributed by atoms with van der Waals surface area (Å²) < 4.78 is 20.6. The van der Waals surface area contributed by atoms with Crippen LogP contribution < -0.4 is 19.5 Å². The van der Waals surface area contributed by atoms with Crippen LogP contribution in [-0.4, -0.2) is 37.3 Å². The van der Waals surface area contributed by atoms with E-state index in [9.17, 15) is 19.7 Å². The van der Waals surface area contributed by atoms with Gasteiger partial charge in [-0.2, -0.15) is 0 Å². The van der Waals surface area contributed by atoms with Gasteiger partial charge in [0.1, 0.15) is 11.3 Å². The Labute approximate surface area is 165 Å². The lowest BCUT2D eigenvalue weighted by Gasteiger charge is -2.15. The highest BCUT2D eigenvalue weighted by molar-refractivity contribution is 5.94. The summed E-state index contributed by atoms with van der Waals surface area (Å²) in [4.78, 5) is 34.7. The van der Waals surface area contributed by atoms with Crippen LogP contribution in [0.1, 0.15) is 28.9 Å². The topological polar surface area (TPSA) is 126 Å². The van der Waals surface area contributed by atoms with Crippen molar-refractivity contribution in [1.82, 2.24) is 5.32 Å². The molecular formula is C19H18N2O8. The molecule has 29 heavy (non-hydrogen) atoms. The average Bonchev–Trinajstić information content (AvgIpc) is 3.19. The number of hydrogen-bond acceptors (Lipinski definition) is 8. The van der Waals surface area contributed by atoms with E-state index in [1.165, 1.54) is 19.2 Å². The Kier molecular flexibility index (Phi) is 5.82. The third-order valence-electron chi connectivity index (χ3n) is 4.22. The van der Waals surface area contributed by atoms with Crippen LogP contribution in [0.3, 0.4) is 0 Å². The molecule has 0 saturated heterocycles. The fourth-order valence-corrected chi connectivity index (χ4v) is 2.73. The summed E-state index contributed by atoms with van der Waals surface area (Å²) in [5.74, 6) is -0.112. The number of fused-ring (bicyclic) bond motifs is 1. The molecule has 10 heteroatoms. The Morgan fingerprint density at radius 1 is 1.21 bits per heavy atom.